The first-order valence-corrected chi connectivity index (χ1v) is 7.39. The molecule has 0 bridgehead atoms. The quantitative estimate of drug-likeness (QED) is 0.782. The van der Waals surface area contributed by atoms with Crippen LogP contribution in [0.15, 0.2) is 24.3 Å². The summed E-state index contributed by atoms with van der Waals surface area (Å²) < 4.78 is 5.63. The van der Waals surface area contributed by atoms with Crippen LogP contribution in [0.1, 0.15) is 31.7 Å². The molecule has 1 atom stereocenters. The smallest absolute Gasteiger partial charge is 0.240 e. The molecule has 1 unspecified atom stereocenters. The summed E-state index contributed by atoms with van der Waals surface area (Å²) in [5.41, 5.74) is 0.815. The van der Waals surface area contributed by atoms with Gasteiger partial charge in [0.05, 0.1) is 12.1 Å². The molecule has 0 aliphatic carbocycles. The van der Waals surface area contributed by atoms with E-state index < -0.39 is 0 Å². The van der Waals surface area contributed by atoms with Crippen molar-refractivity contribution in [1.82, 2.24) is 10.6 Å². The molecule has 110 valence electrons. The second-order valence-electron chi connectivity index (χ2n) is 5.39. The number of benzene rings is 1. The Morgan fingerprint density at radius 2 is 2.35 bits per heavy atom. The van der Waals surface area contributed by atoms with E-state index in [1.165, 1.54) is 5.56 Å². The fourth-order valence-electron chi connectivity index (χ4n) is 2.67. The Bertz CT molecular complexity index is 454. The van der Waals surface area contributed by atoms with Crippen LogP contribution >= 0.6 is 0 Å². The molecule has 1 heterocycles. The van der Waals surface area contributed by atoms with Gasteiger partial charge in [-0.2, -0.15) is 0 Å². The van der Waals surface area contributed by atoms with Gasteiger partial charge in [-0.05, 0) is 50.4 Å². The molecule has 1 fully saturated rings. The highest BCUT2D eigenvalue weighted by Gasteiger charge is 2.38. The van der Waals surface area contributed by atoms with E-state index in [4.69, 9.17) is 4.74 Å². The van der Waals surface area contributed by atoms with Crippen LogP contribution in [0.5, 0.6) is 5.75 Å². The predicted octanol–water partition coefficient (Wildman–Crippen LogP) is 2.02. The second-order valence-corrected chi connectivity index (χ2v) is 5.39. The number of aryl methyl sites for hydroxylation is 1. The van der Waals surface area contributed by atoms with Crippen LogP contribution in [0.3, 0.4) is 0 Å². The number of hydrogen-bond acceptors (Lipinski definition) is 3. The van der Waals surface area contributed by atoms with Gasteiger partial charge in [0.2, 0.25) is 5.91 Å². The second kappa shape index (κ2) is 6.75. The first-order valence-electron chi connectivity index (χ1n) is 7.39. The summed E-state index contributed by atoms with van der Waals surface area (Å²) >= 11 is 0. The third-order valence-corrected chi connectivity index (χ3v) is 3.93. The van der Waals surface area contributed by atoms with Crippen LogP contribution in [0.25, 0.3) is 0 Å². The lowest BCUT2D eigenvalue weighted by Gasteiger charge is -2.26. The van der Waals surface area contributed by atoms with Crippen molar-refractivity contribution in [2.24, 2.45) is 0 Å². The summed E-state index contributed by atoms with van der Waals surface area (Å²) in [6, 6.07) is 7.93. The van der Waals surface area contributed by atoms with Gasteiger partial charge in [-0.1, -0.05) is 19.1 Å². The average Bonchev–Trinajstić information content (AvgIpc) is 2.93. The summed E-state index contributed by atoms with van der Waals surface area (Å²) in [7, 11) is 0. The van der Waals surface area contributed by atoms with E-state index in [1.807, 2.05) is 31.2 Å². The summed E-state index contributed by atoms with van der Waals surface area (Å²) in [6.07, 6.45) is 2.83. The van der Waals surface area contributed by atoms with Crippen LogP contribution in [0, 0.1) is 6.92 Å². The van der Waals surface area contributed by atoms with Gasteiger partial charge in [0.1, 0.15) is 12.4 Å². The third kappa shape index (κ3) is 3.51. The molecule has 1 aromatic carbocycles. The largest absolute Gasteiger partial charge is 0.492 e. The zero-order chi connectivity index (χ0) is 14.4. The lowest BCUT2D eigenvalue weighted by molar-refractivity contribution is -0.127. The van der Waals surface area contributed by atoms with Gasteiger partial charge in [-0.3, -0.25) is 4.79 Å². The van der Waals surface area contributed by atoms with Crippen molar-refractivity contribution in [1.29, 1.82) is 0 Å². The Morgan fingerprint density at radius 1 is 1.50 bits per heavy atom. The minimum atomic E-state index is -0.358. The highest BCUT2D eigenvalue weighted by atomic mass is 16.5. The fraction of sp³-hybridized carbons (Fsp3) is 0.562. The number of carbonyl (C=O) groups is 1. The highest BCUT2D eigenvalue weighted by Crippen LogP contribution is 2.22. The van der Waals surface area contributed by atoms with E-state index in [9.17, 15) is 4.79 Å². The highest BCUT2D eigenvalue weighted by molar-refractivity contribution is 5.86. The van der Waals surface area contributed by atoms with Crippen molar-refractivity contribution in [3.05, 3.63) is 29.8 Å². The molecule has 2 rings (SSSR count). The fourth-order valence-corrected chi connectivity index (χ4v) is 2.67. The summed E-state index contributed by atoms with van der Waals surface area (Å²) in [4.78, 5) is 12.2. The SMILES string of the molecule is CCC1(C(=O)NCCOc2cccc(C)c2)CCCN1. The van der Waals surface area contributed by atoms with Crippen molar-refractivity contribution < 1.29 is 9.53 Å². The third-order valence-electron chi connectivity index (χ3n) is 3.93. The first kappa shape index (κ1) is 14.9. The minimum absolute atomic E-state index is 0.102. The van der Waals surface area contributed by atoms with Crippen LogP contribution < -0.4 is 15.4 Å². The van der Waals surface area contributed by atoms with Crippen molar-refractivity contribution in [3.8, 4) is 5.75 Å². The number of ether oxygens (including phenoxy) is 1. The number of carbonyl (C=O) groups excluding carboxylic acids is 1. The minimum Gasteiger partial charge on any atom is -0.492 e. The Balaban J connectivity index is 1.74. The van der Waals surface area contributed by atoms with Crippen LogP contribution in [-0.4, -0.2) is 31.1 Å². The van der Waals surface area contributed by atoms with Gasteiger partial charge in [-0.15, -0.1) is 0 Å². The van der Waals surface area contributed by atoms with E-state index in [1.54, 1.807) is 0 Å². The molecule has 0 spiro atoms. The molecule has 4 nitrogen and oxygen atoms in total. The van der Waals surface area contributed by atoms with Crippen molar-refractivity contribution in [3.63, 3.8) is 0 Å². The number of rotatable bonds is 6. The van der Waals surface area contributed by atoms with E-state index in [-0.39, 0.29) is 11.4 Å². The standard InChI is InChI=1S/C16H24N2O2/c1-3-16(8-5-9-18-16)15(19)17-10-11-20-14-7-4-6-13(2)12-14/h4,6-7,12,18H,3,5,8-11H2,1-2H3,(H,17,19). The molecular formula is C16H24N2O2. The average molecular weight is 276 g/mol. The Morgan fingerprint density at radius 3 is 3.00 bits per heavy atom. The molecule has 2 N–H and O–H groups in total. The molecule has 1 aliphatic heterocycles. The van der Waals surface area contributed by atoms with Gasteiger partial charge in [0.25, 0.3) is 0 Å². The number of amides is 1. The topological polar surface area (TPSA) is 50.4 Å². The summed E-state index contributed by atoms with van der Waals surface area (Å²) in [5.74, 6) is 0.953. The monoisotopic (exact) mass is 276 g/mol. The lowest BCUT2D eigenvalue weighted by atomic mass is 9.93. The van der Waals surface area contributed by atoms with Crippen LogP contribution in [0.4, 0.5) is 0 Å². The van der Waals surface area contributed by atoms with Gasteiger partial charge in [0.15, 0.2) is 0 Å². The summed E-state index contributed by atoms with van der Waals surface area (Å²) in [5, 5.41) is 6.31. The zero-order valence-electron chi connectivity index (χ0n) is 12.4. The lowest BCUT2D eigenvalue weighted by Crippen LogP contribution is -2.53. The van der Waals surface area contributed by atoms with E-state index in [0.29, 0.717) is 13.2 Å². The maximum absolute atomic E-state index is 12.2. The number of nitrogens with one attached hydrogen (secondary N) is 2. The Hall–Kier alpha value is -1.55. The normalized spacial score (nSPS) is 21.7. The van der Waals surface area contributed by atoms with E-state index in [2.05, 4.69) is 17.6 Å². The molecule has 0 saturated carbocycles. The van der Waals surface area contributed by atoms with Crippen molar-refractivity contribution in [2.75, 3.05) is 19.7 Å². The molecule has 1 saturated heterocycles. The number of hydrogen-bond donors (Lipinski definition) is 2. The van der Waals surface area contributed by atoms with Gasteiger partial charge >= 0.3 is 0 Å². The zero-order valence-corrected chi connectivity index (χ0v) is 12.4. The van der Waals surface area contributed by atoms with Crippen molar-refractivity contribution >= 4 is 5.91 Å². The predicted molar refractivity (Wildman–Crippen MR) is 79.9 cm³/mol. The Kier molecular flexibility index (Phi) is 5.01. The van der Waals surface area contributed by atoms with Crippen LogP contribution in [-0.2, 0) is 4.79 Å². The van der Waals surface area contributed by atoms with Crippen molar-refractivity contribution in [2.45, 2.75) is 38.6 Å². The maximum atomic E-state index is 12.2. The van der Waals surface area contributed by atoms with Gasteiger partial charge in [-0.25, -0.2) is 0 Å². The Labute approximate surface area is 120 Å². The van der Waals surface area contributed by atoms with Crippen LogP contribution in [0.2, 0.25) is 0 Å². The molecular weight excluding hydrogens is 252 g/mol. The van der Waals surface area contributed by atoms with E-state index >= 15 is 0 Å². The maximum Gasteiger partial charge on any atom is 0.240 e. The van der Waals surface area contributed by atoms with E-state index in [0.717, 1.165) is 31.6 Å². The summed E-state index contributed by atoms with van der Waals surface area (Å²) in [6.45, 7) is 6.05. The molecule has 0 radical (unpaired) electrons. The van der Waals surface area contributed by atoms with Gasteiger partial charge < -0.3 is 15.4 Å². The molecule has 1 aliphatic rings. The molecule has 0 aromatic heterocycles. The molecule has 1 aromatic rings. The first-order chi connectivity index (χ1) is 9.66. The molecule has 1 amide bonds. The molecule has 4 heteroatoms. The van der Waals surface area contributed by atoms with Gasteiger partial charge in [0, 0.05) is 0 Å². The molecule has 20 heavy (non-hydrogen) atoms.